The molecule has 3 nitrogen and oxygen atoms in total. The first-order valence-electron chi connectivity index (χ1n) is 6.98. The molecule has 0 atom stereocenters. The number of rotatable bonds is 2. The fraction of sp³-hybridized carbons (Fsp3) is 0.438. The summed E-state index contributed by atoms with van der Waals surface area (Å²) in [5.74, 6) is 1.03. The summed E-state index contributed by atoms with van der Waals surface area (Å²) in [7, 11) is 0. The largest absolute Gasteiger partial charge is 0.330 e. The van der Waals surface area contributed by atoms with Crippen LogP contribution in [0.1, 0.15) is 34.6 Å². The minimum absolute atomic E-state index is 0.525. The van der Waals surface area contributed by atoms with E-state index >= 15 is 0 Å². The molecular weight excluding hydrogens is 234 g/mol. The van der Waals surface area contributed by atoms with Crippen LogP contribution < -0.4 is 5.73 Å². The predicted octanol–water partition coefficient (Wildman–Crippen LogP) is 2.88. The van der Waals surface area contributed by atoms with Gasteiger partial charge < -0.3 is 10.3 Å². The molecule has 0 fully saturated rings. The van der Waals surface area contributed by atoms with Gasteiger partial charge in [0.05, 0.1) is 12.2 Å². The maximum atomic E-state index is 5.83. The fourth-order valence-electron chi connectivity index (χ4n) is 3.37. The molecular formula is C16H21N3. The van der Waals surface area contributed by atoms with E-state index in [1.54, 1.807) is 0 Å². The maximum absolute atomic E-state index is 5.83. The lowest BCUT2D eigenvalue weighted by Gasteiger charge is -2.10. The van der Waals surface area contributed by atoms with Crippen molar-refractivity contribution >= 4 is 0 Å². The van der Waals surface area contributed by atoms with Crippen molar-refractivity contribution in [2.24, 2.45) is 5.73 Å². The topological polar surface area (TPSA) is 43.8 Å². The van der Waals surface area contributed by atoms with Crippen LogP contribution in [-0.4, -0.2) is 9.55 Å². The van der Waals surface area contributed by atoms with E-state index in [9.17, 15) is 0 Å². The van der Waals surface area contributed by atoms with Crippen LogP contribution in [-0.2, 0) is 19.5 Å². The Kier molecular flexibility index (Phi) is 2.94. The molecule has 2 aromatic rings. The zero-order chi connectivity index (χ0) is 13.6. The number of benzene rings is 1. The average Bonchev–Trinajstić information content (AvgIpc) is 2.90. The van der Waals surface area contributed by atoms with Gasteiger partial charge in [0.25, 0.3) is 0 Å². The molecule has 19 heavy (non-hydrogen) atoms. The monoisotopic (exact) mass is 255 g/mol. The van der Waals surface area contributed by atoms with Crippen LogP contribution in [0.25, 0.3) is 11.3 Å². The standard InChI is InChI=1S/C16H21N3/c1-10-7-11(2)15(12(3)8-10)16-13-5-4-6-19(13)14(9-17)18-16/h7-8H,4-6,9,17H2,1-3H3. The quantitative estimate of drug-likeness (QED) is 0.896. The molecule has 0 radical (unpaired) electrons. The van der Waals surface area contributed by atoms with Crippen LogP contribution in [0.3, 0.4) is 0 Å². The highest BCUT2D eigenvalue weighted by Crippen LogP contribution is 2.34. The first-order chi connectivity index (χ1) is 9.11. The summed E-state index contributed by atoms with van der Waals surface area (Å²) in [6.07, 6.45) is 2.33. The summed E-state index contributed by atoms with van der Waals surface area (Å²) in [4.78, 5) is 4.81. The molecule has 0 amide bonds. The molecule has 1 aromatic carbocycles. The highest BCUT2D eigenvalue weighted by molar-refractivity contribution is 5.71. The van der Waals surface area contributed by atoms with E-state index in [-0.39, 0.29) is 0 Å². The molecule has 2 heterocycles. The third kappa shape index (κ3) is 1.89. The van der Waals surface area contributed by atoms with Crippen LogP contribution >= 0.6 is 0 Å². The van der Waals surface area contributed by atoms with Gasteiger partial charge in [-0.1, -0.05) is 17.7 Å². The Morgan fingerprint density at radius 1 is 1.21 bits per heavy atom. The fourth-order valence-corrected chi connectivity index (χ4v) is 3.37. The van der Waals surface area contributed by atoms with Gasteiger partial charge in [0.15, 0.2) is 0 Å². The van der Waals surface area contributed by atoms with E-state index in [0.717, 1.165) is 24.5 Å². The van der Waals surface area contributed by atoms with Gasteiger partial charge in [-0.2, -0.15) is 0 Å². The van der Waals surface area contributed by atoms with Crippen molar-refractivity contribution in [3.8, 4) is 11.3 Å². The highest BCUT2D eigenvalue weighted by Gasteiger charge is 2.23. The number of hydrogen-bond acceptors (Lipinski definition) is 2. The summed E-state index contributed by atoms with van der Waals surface area (Å²) in [5, 5.41) is 0. The van der Waals surface area contributed by atoms with Crippen molar-refractivity contribution in [3.63, 3.8) is 0 Å². The number of aromatic nitrogens is 2. The molecule has 0 saturated heterocycles. The van der Waals surface area contributed by atoms with E-state index < -0.39 is 0 Å². The van der Waals surface area contributed by atoms with Crippen molar-refractivity contribution in [1.29, 1.82) is 0 Å². The summed E-state index contributed by atoms with van der Waals surface area (Å²) in [6, 6.07) is 4.48. The van der Waals surface area contributed by atoms with Gasteiger partial charge in [0, 0.05) is 17.8 Å². The van der Waals surface area contributed by atoms with Crippen LogP contribution in [0, 0.1) is 20.8 Å². The second-order valence-electron chi connectivity index (χ2n) is 5.56. The van der Waals surface area contributed by atoms with Crippen molar-refractivity contribution < 1.29 is 0 Å². The van der Waals surface area contributed by atoms with E-state index in [0.29, 0.717) is 6.54 Å². The molecule has 1 aliphatic heterocycles. The first-order valence-corrected chi connectivity index (χ1v) is 6.98. The molecule has 0 saturated carbocycles. The number of hydrogen-bond donors (Lipinski definition) is 1. The predicted molar refractivity (Wildman–Crippen MR) is 78.1 cm³/mol. The second-order valence-corrected chi connectivity index (χ2v) is 5.56. The minimum atomic E-state index is 0.525. The Morgan fingerprint density at radius 2 is 1.89 bits per heavy atom. The molecule has 1 aliphatic rings. The van der Waals surface area contributed by atoms with E-state index in [4.69, 9.17) is 10.7 Å². The number of aryl methyl sites for hydroxylation is 3. The Labute approximate surface area is 114 Å². The number of fused-ring (bicyclic) bond motifs is 1. The lowest BCUT2D eigenvalue weighted by Crippen LogP contribution is -2.06. The van der Waals surface area contributed by atoms with Gasteiger partial charge in [-0.05, 0) is 44.7 Å². The molecule has 0 aliphatic carbocycles. The van der Waals surface area contributed by atoms with Gasteiger partial charge >= 0.3 is 0 Å². The lowest BCUT2D eigenvalue weighted by atomic mass is 9.96. The molecule has 1 aromatic heterocycles. The lowest BCUT2D eigenvalue weighted by molar-refractivity contribution is 0.689. The number of imidazole rings is 1. The van der Waals surface area contributed by atoms with E-state index in [2.05, 4.69) is 37.5 Å². The van der Waals surface area contributed by atoms with Crippen molar-refractivity contribution in [3.05, 3.63) is 40.3 Å². The van der Waals surface area contributed by atoms with Gasteiger partial charge in [-0.25, -0.2) is 4.98 Å². The summed E-state index contributed by atoms with van der Waals surface area (Å²) >= 11 is 0. The van der Waals surface area contributed by atoms with Crippen LogP contribution in [0.2, 0.25) is 0 Å². The third-order valence-corrected chi connectivity index (χ3v) is 4.04. The molecule has 0 bridgehead atoms. The Balaban J connectivity index is 2.24. The molecule has 2 N–H and O–H groups in total. The van der Waals surface area contributed by atoms with Crippen LogP contribution in [0.4, 0.5) is 0 Å². The maximum Gasteiger partial charge on any atom is 0.123 e. The Morgan fingerprint density at radius 3 is 2.53 bits per heavy atom. The minimum Gasteiger partial charge on any atom is -0.330 e. The van der Waals surface area contributed by atoms with Gasteiger partial charge in [0.2, 0.25) is 0 Å². The van der Waals surface area contributed by atoms with Crippen molar-refractivity contribution in [2.45, 2.75) is 46.7 Å². The van der Waals surface area contributed by atoms with Crippen molar-refractivity contribution in [1.82, 2.24) is 9.55 Å². The smallest absolute Gasteiger partial charge is 0.123 e. The summed E-state index contributed by atoms with van der Waals surface area (Å²) in [5.41, 5.74) is 13.6. The van der Waals surface area contributed by atoms with Gasteiger partial charge in [-0.15, -0.1) is 0 Å². The Bertz CT molecular complexity index is 615. The zero-order valence-corrected chi connectivity index (χ0v) is 12.0. The molecule has 100 valence electrons. The second kappa shape index (κ2) is 4.49. The van der Waals surface area contributed by atoms with Crippen LogP contribution in [0.5, 0.6) is 0 Å². The normalized spacial score (nSPS) is 13.9. The van der Waals surface area contributed by atoms with Crippen molar-refractivity contribution in [2.75, 3.05) is 0 Å². The molecule has 3 heteroatoms. The SMILES string of the molecule is Cc1cc(C)c(-c2nc(CN)n3c2CCC3)c(C)c1. The molecule has 0 spiro atoms. The van der Waals surface area contributed by atoms with Gasteiger partial charge in [0.1, 0.15) is 5.82 Å². The first kappa shape index (κ1) is 12.4. The van der Waals surface area contributed by atoms with Gasteiger partial charge in [-0.3, -0.25) is 0 Å². The Hall–Kier alpha value is -1.61. The third-order valence-electron chi connectivity index (χ3n) is 4.04. The van der Waals surface area contributed by atoms with Crippen LogP contribution in [0.15, 0.2) is 12.1 Å². The molecule has 3 rings (SSSR count). The number of nitrogens with zero attached hydrogens (tertiary/aromatic N) is 2. The zero-order valence-electron chi connectivity index (χ0n) is 12.0. The molecule has 0 unspecified atom stereocenters. The summed E-state index contributed by atoms with van der Waals surface area (Å²) in [6.45, 7) is 8.10. The number of nitrogens with two attached hydrogens (primary N) is 1. The van der Waals surface area contributed by atoms with E-state index in [1.165, 1.54) is 34.4 Å². The summed E-state index contributed by atoms with van der Waals surface area (Å²) < 4.78 is 2.31. The highest BCUT2D eigenvalue weighted by atomic mass is 15.1. The average molecular weight is 255 g/mol. The van der Waals surface area contributed by atoms with E-state index in [1.807, 2.05) is 0 Å².